The van der Waals surface area contributed by atoms with Crippen molar-refractivity contribution in [3.05, 3.63) is 57.6 Å². The molecule has 116 valence electrons. The van der Waals surface area contributed by atoms with Gasteiger partial charge in [0, 0.05) is 5.56 Å². The van der Waals surface area contributed by atoms with E-state index in [-0.39, 0.29) is 0 Å². The van der Waals surface area contributed by atoms with Gasteiger partial charge < -0.3 is 9.47 Å². The molecule has 22 heavy (non-hydrogen) atoms. The molecule has 5 heteroatoms. The van der Waals surface area contributed by atoms with Crippen LogP contribution in [-0.4, -0.2) is 13.2 Å². The van der Waals surface area contributed by atoms with Gasteiger partial charge in [0.05, 0.1) is 17.3 Å². The van der Waals surface area contributed by atoms with Crippen LogP contribution in [0.25, 0.3) is 0 Å². The lowest BCUT2D eigenvalue weighted by atomic mass is 10.1. The summed E-state index contributed by atoms with van der Waals surface area (Å²) in [5.74, 6) is 0.762. The van der Waals surface area contributed by atoms with E-state index in [4.69, 9.17) is 4.74 Å². The Morgan fingerprint density at radius 1 is 1.23 bits per heavy atom. The van der Waals surface area contributed by atoms with Crippen molar-refractivity contribution in [3.63, 3.8) is 0 Å². The number of anilines is 1. The van der Waals surface area contributed by atoms with Gasteiger partial charge in [-0.15, -0.1) is 0 Å². The lowest BCUT2D eigenvalue weighted by Crippen LogP contribution is -2.14. The van der Waals surface area contributed by atoms with Gasteiger partial charge in [-0.25, -0.2) is 4.79 Å². The molecule has 2 aromatic carbocycles. The van der Waals surface area contributed by atoms with Gasteiger partial charge in [0.1, 0.15) is 12.4 Å². The topological polar surface area (TPSA) is 47.6 Å². The Labute approximate surface area is 138 Å². The Morgan fingerprint density at radius 3 is 2.68 bits per heavy atom. The highest BCUT2D eigenvalue weighted by Gasteiger charge is 2.10. The molecule has 0 unspecified atom stereocenters. The van der Waals surface area contributed by atoms with Crippen molar-refractivity contribution in [2.75, 3.05) is 12.4 Å². The van der Waals surface area contributed by atoms with Gasteiger partial charge in [0.2, 0.25) is 0 Å². The lowest BCUT2D eigenvalue weighted by Gasteiger charge is -2.15. The van der Waals surface area contributed by atoms with Crippen molar-refractivity contribution in [1.82, 2.24) is 0 Å². The molecule has 0 aliphatic carbocycles. The van der Waals surface area contributed by atoms with Crippen LogP contribution in [0.4, 0.5) is 10.5 Å². The Hall–Kier alpha value is -2.01. The number of methoxy groups -OCH3 is 1. The average Bonchev–Trinajstić information content (AvgIpc) is 2.48. The summed E-state index contributed by atoms with van der Waals surface area (Å²) < 4.78 is 11.4. The van der Waals surface area contributed by atoms with Gasteiger partial charge in [0.25, 0.3) is 0 Å². The van der Waals surface area contributed by atoms with Crippen LogP contribution in [0.15, 0.2) is 40.9 Å². The first-order chi connectivity index (χ1) is 10.5. The number of rotatable bonds is 4. The third kappa shape index (κ3) is 4.01. The Kier molecular flexibility index (Phi) is 5.44. The van der Waals surface area contributed by atoms with Crippen LogP contribution in [0.3, 0.4) is 0 Å². The minimum atomic E-state index is -0.497. The van der Waals surface area contributed by atoms with E-state index in [0.29, 0.717) is 12.3 Å². The molecule has 0 aliphatic heterocycles. The standard InChI is InChI=1S/C17H18BrNO3/c1-11-7-8-16(14(18)9-11)22-10-13-12(2)5-4-6-15(13)19-17(20)21-3/h4-9H,10H2,1-3H3,(H,19,20). The van der Waals surface area contributed by atoms with Gasteiger partial charge in [-0.1, -0.05) is 18.2 Å². The summed E-state index contributed by atoms with van der Waals surface area (Å²) >= 11 is 3.49. The van der Waals surface area contributed by atoms with Crippen LogP contribution in [0.5, 0.6) is 5.75 Å². The molecule has 2 rings (SSSR count). The summed E-state index contributed by atoms with van der Waals surface area (Å²) in [5.41, 5.74) is 3.80. The Balaban J connectivity index is 2.19. The number of hydrogen-bond donors (Lipinski definition) is 1. The molecule has 1 amide bonds. The molecular formula is C17H18BrNO3. The van der Waals surface area contributed by atoms with Crippen molar-refractivity contribution in [3.8, 4) is 5.75 Å². The van der Waals surface area contributed by atoms with Gasteiger partial charge in [0.15, 0.2) is 0 Å². The first kappa shape index (κ1) is 16.4. The second-order valence-corrected chi connectivity index (χ2v) is 5.79. The zero-order valence-electron chi connectivity index (χ0n) is 12.8. The fourth-order valence-corrected chi connectivity index (χ4v) is 2.65. The summed E-state index contributed by atoms with van der Waals surface area (Å²) in [6.45, 7) is 4.35. The number of aryl methyl sites for hydroxylation is 2. The molecule has 0 saturated heterocycles. The largest absolute Gasteiger partial charge is 0.488 e. The van der Waals surface area contributed by atoms with E-state index >= 15 is 0 Å². The van der Waals surface area contributed by atoms with Crippen molar-refractivity contribution in [2.45, 2.75) is 20.5 Å². The highest BCUT2D eigenvalue weighted by molar-refractivity contribution is 9.10. The van der Waals surface area contributed by atoms with E-state index in [1.54, 1.807) is 0 Å². The quantitative estimate of drug-likeness (QED) is 0.846. The summed E-state index contributed by atoms with van der Waals surface area (Å²) in [6, 6.07) is 11.6. The lowest BCUT2D eigenvalue weighted by molar-refractivity contribution is 0.187. The molecule has 2 aromatic rings. The van der Waals surface area contributed by atoms with Crippen LogP contribution < -0.4 is 10.1 Å². The van der Waals surface area contributed by atoms with Gasteiger partial charge in [-0.2, -0.15) is 0 Å². The molecule has 0 spiro atoms. The summed E-state index contributed by atoms with van der Waals surface area (Å²) in [5, 5.41) is 2.71. The van der Waals surface area contributed by atoms with Crippen molar-refractivity contribution >= 4 is 27.7 Å². The van der Waals surface area contributed by atoms with Gasteiger partial charge in [-0.05, 0) is 59.1 Å². The van der Waals surface area contributed by atoms with Gasteiger partial charge in [-0.3, -0.25) is 5.32 Å². The number of ether oxygens (including phenoxy) is 2. The van der Waals surface area contributed by atoms with E-state index in [1.807, 2.05) is 50.2 Å². The molecule has 0 heterocycles. The molecule has 0 aromatic heterocycles. The van der Waals surface area contributed by atoms with E-state index in [1.165, 1.54) is 7.11 Å². The molecule has 1 N–H and O–H groups in total. The second kappa shape index (κ2) is 7.31. The maximum absolute atomic E-state index is 11.4. The maximum atomic E-state index is 11.4. The first-order valence-electron chi connectivity index (χ1n) is 6.83. The van der Waals surface area contributed by atoms with E-state index < -0.39 is 6.09 Å². The number of carbonyl (C=O) groups excluding carboxylic acids is 1. The number of carbonyl (C=O) groups is 1. The third-order valence-corrected chi connectivity index (χ3v) is 3.91. The molecule has 0 atom stereocenters. The molecule has 0 radical (unpaired) electrons. The smallest absolute Gasteiger partial charge is 0.411 e. The second-order valence-electron chi connectivity index (χ2n) is 4.94. The normalized spacial score (nSPS) is 10.2. The molecular weight excluding hydrogens is 346 g/mol. The van der Waals surface area contributed by atoms with E-state index in [2.05, 4.69) is 26.0 Å². The van der Waals surface area contributed by atoms with Crippen molar-refractivity contribution in [2.24, 2.45) is 0 Å². The van der Waals surface area contributed by atoms with E-state index in [9.17, 15) is 4.79 Å². The Bertz CT molecular complexity index is 686. The fourth-order valence-electron chi connectivity index (χ4n) is 2.04. The highest BCUT2D eigenvalue weighted by Crippen LogP contribution is 2.28. The fraction of sp³-hybridized carbons (Fsp3) is 0.235. The number of nitrogens with one attached hydrogen (secondary N) is 1. The Morgan fingerprint density at radius 2 is 2.00 bits per heavy atom. The van der Waals surface area contributed by atoms with Gasteiger partial charge >= 0.3 is 6.09 Å². The van der Waals surface area contributed by atoms with Crippen LogP contribution in [-0.2, 0) is 11.3 Å². The van der Waals surface area contributed by atoms with Crippen LogP contribution in [0, 0.1) is 13.8 Å². The minimum Gasteiger partial charge on any atom is -0.488 e. The average molecular weight is 364 g/mol. The monoisotopic (exact) mass is 363 g/mol. The first-order valence-corrected chi connectivity index (χ1v) is 7.63. The van der Waals surface area contributed by atoms with Crippen LogP contribution in [0.1, 0.15) is 16.7 Å². The highest BCUT2D eigenvalue weighted by atomic mass is 79.9. The zero-order valence-corrected chi connectivity index (χ0v) is 14.4. The van der Waals surface area contributed by atoms with Crippen LogP contribution >= 0.6 is 15.9 Å². The molecule has 4 nitrogen and oxygen atoms in total. The molecule has 0 saturated carbocycles. The predicted octanol–water partition coefficient (Wildman–Crippen LogP) is 4.82. The van der Waals surface area contributed by atoms with Crippen molar-refractivity contribution in [1.29, 1.82) is 0 Å². The number of hydrogen-bond acceptors (Lipinski definition) is 3. The molecule has 0 fully saturated rings. The summed E-state index contributed by atoms with van der Waals surface area (Å²) in [6.07, 6.45) is -0.497. The zero-order chi connectivity index (χ0) is 16.1. The van der Waals surface area contributed by atoms with Crippen molar-refractivity contribution < 1.29 is 14.3 Å². The summed E-state index contributed by atoms with van der Waals surface area (Å²) in [7, 11) is 1.34. The number of amides is 1. The maximum Gasteiger partial charge on any atom is 0.411 e. The minimum absolute atomic E-state index is 0.355. The molecule has 0 aliphatic rings. The predicted molar refractivity (Wildman–Crippen MR) is 90.4 cm³/mol. The third-order valence-electron chi connectivity index (χ3n) is 3.29. The molecule has 0 bridgehead atoms. The SMILES string of the molecule is COC(=O)Nc1cccc(C)c1COc1ccc(C)cc1Br. The summed E-state index contributed by atoms with van der Waals surface area (Å²) in [4.78, 5) is 11.4. The number of benzene rings is 2. The van der Waals surface area contributed by atoms with Crippen LogP contribution in [0.2, 0.25) is 0 Å². The van der Waals surface area contributed by atoms with E-state index in [0.717, 1.165) is 26.9 Å². The number of halogens is 1.